The van der Waals surface area contributed by atoms with Crippen molar-refractivity contribution in [2.24, 2.45) is 5.73 Å². The van der Waals surface area contributed by atoms with Gasteiger partial charge >= 0.3 is 12.1 Å². The van der Waals surface area contributed by atoms with Crippen molar-refractivity contribution in [1.29, 1.82) is 0 Å². The summed E-state index contributed by atoms with van der Waals surface area (Å²) in [6, 6.07) is 21.6. The maximum Gasteiger partial charge on any atom is 0.408 e. The molecule has 9 nitrogen and oxygen atoms in total. The molecule has 0 saturated carbocycles. The Morgan fingerprint density at radius 1 is 0.907 bits per heavy atom. The second kappa shape index (κ2) is 15.7. The number of hydrogen-bond donors (Lipinski definition) is 2. The number of fused-ring (bicyclic) bond motifs is 1. The average molecular weight is 590 g/mol. The summed E-state index contributed by atoms with van der Waals surface area (Å²) in [5.74, 6) is -1.46. The predicted molar refractivity (Wildman–Crippen MR) is 166 cm³/mol. The van der Waals surface area contributed by atoms with Gasteiger partial charge in [0.15, 0.2) is 0 Å². The second-order valence-corrected chi connectivity index (χ2v) is 11.6. The Morgan fingerprint density at radius 3 is 2.23 bits per heavy atom. The number of hydrogen-bond acceptors (Lipinski definition) is 6. The third kappa shape index (κ3) is 11.1. The molecule has 2 atom stereocenters. The van der Waals surface area contributed by atoms with Gasteiger partial charge in [-0.15, -0.1) is 0 Å². The van der Waals surface area contributed by atoms with Crippen LogP contribution >= 0.6 is 0 Å². The molecular weight excluding hydrogens is 546 g/mol. The molecule has 0 heterocycles. The molecule has 230 valence electrons. The standard InChI is InChI=1S/C34H43N3O6/c1-5-19-37(28(22-30(35)38)21-25-15-16-26-13-9-10-14-27(26)20-25)32(40)29(36-33(41)43-34(2,3)4)17-18-31(39)42-23-24-11-7-6-8-12-24/h6-16,20,28-29H,5,17-19,21-23H2,1-4H3,(H2,35,38)(H,36,41)/t28-,29-/m0/s1. The lowest BCUT2D eigenvalue weighted by atomic mass is 9.97. The van der Waals surface area contributed by atoms with Gasteiger partial charge in [0, 0.05) is 25.4 Å². The lowest BCUT2D eigenvalue weighted by Crippen LogP contribution is -2.54. The van der Waals surface area contributed by atoms with E-state index in [0.29, 0.717) is 19.4 Å². The van der Waals surface area contributed by atoms with Crippen LogP contribution in [-0.2, 0) is 36.9 Å². The van der Waals surface area contributed by atoms with Gasteiger partial charge in [-0.25, -0.2) is 4.79 Å². The Bertz CT molecular complexity index is 1390. The fraction of sp³-hybridized carbons (Fsp3) is 0.412. The quantitative estimate of drug-likeness (QED) is 0.246. The summed E-state index contributed by atoms with van der Waals surface area (Å²) in [5.41, 5.74) is 6.64. The maximum atomic E-state index is 14.1. The van der Waals surface area contributed by atoms with Gasteiger partial charge in [0.05, 0.1) is 0 Å². The molecule has 0 fully saturated rings. The fourth-order valence-corrected chi connectivity index (χ4v) is 4.86. The molecule has 0 radical (unpaired) electrons. The Morgan fingerprint density at radius 2 is 1.58 bits per heavy atom. The lowest BCUT2D eigenvalue weighted by Gasteiger charge is -2.34. The van der Waals surface area contributed by atoms with Crippen molar-refractivity contribution in [2.75, 3.05) is 6.54 Å². The zero-order valence-corrected chi connectivity index (χ0v) is 25.5. The summed E-state index contributed by atoms with van der Waals surface area (Å²) < 4.78 is 10.8. The van der Waals surface area contributed by atoms with Crippen molar-refractivity contribution in [3.8, 4) is 0 Å². The smallest absolute Gasteiger partial charge is 0.408 e. The molecule has 3 aromatic rings. The molecule has 43 heavy (non-hydrogen) atoms. The molecule has 3 amide bonds. The number of nitrogens with zero attached hydrogens (tertiary/aromatic N) is 1. The monoisotopic (exact) mass is 589 g/mol. The fourth-order valence-electron chi connectivity index (χ4n) is 4.86. The topological polar surface area (TPSA) is 128 Å². The molecule has 0 spiro atoms. The largest absolute Gasteiger partial charge is 0.461 e. The number of primary amides is 1. The van der Waals surface area contributed by atoms with E-state index in [9.17, 15) is 19.2 Å². The van der Waals surface area contributed by atoms with Gasteiger partial charge < -0.3 is 25.4 Å². The van der Waals surface area contributed by atoms with Crippen LogP contribution in [-0.4, -0.2) is 53.0 Å². The van der Waals surface area contributed by atoms with E-state index in [0.717, 1.165) is 21.9 Å². The van der Waals surface area contributed by atoms with Gasteiger partial charge in [-0.05, 0) is 61.9 Å². The Hall–Kier alpha value is -4.40. The molecule has 0 aromatic heterocycles. The molecule has 0 aliphatic rings. The first-order chi connectivity index (χ1) is 20.4. The first-order valence-corrected chi connectivity index (χ1v) is 14.7. The van der Waals surface area contributed by atoms with Crippen molar-refractivity contribution < 1.29 is 28.7 Å². The minimum Gasteiger partial charge on any atom is -0.461 e. The van der Waals surface area contributed by atoms with Crippen LogP contribution < -0.4 is 11.1 Å². The van der Waals surface area contributed by atoms with E-state index in [-0.39, 0.29) is 25.9 Å². The van der Waals surface area contributed by atoms with Crippen LogP contribution in [0, 0.1) is 0 Å². The van der Waals surface area contributed by atoms with Gasteiger partial charge in [0.2, 0.25) is 11.8 Å². The van der Waals surface area contributed by atoms with E-state index in [2.05, 4.69) is 5.32 Å². The minimum absolute atomic E-state index is 0.00875. The van der Waals surface area contributed by atoms with Crippen LogP contribution in [0.5, 0.6) is 0 Å². The molecule has 3 aromatic carbocycles. The van der Waals surface area contributed by atoms with Crippen molar-refractivity contribution in [1.82, 2.24) is 10.2 Å². The Balaban J connectivity index is 1.82. The number of esters is 1. The normalized spacial score (nSPS) is 12.7. The van der Waals surface area contributed by atoms with E-state index in [1.165, 1.54) is 0 Å². The number of ether oxygens (including phenoxy) is 2. The first-order valence-electron chi connectivity index (χ1n) is 14.7. The van der Waals surface area contributed by atoms with Crippen LogP contribution in [0.3, 0.4) is 0 Å². The van der Waals surface area contributed by atoms with Crippen molar-refractivity contribution in [3.05, 3.63) is 83.9 Å². The van der Waals surface area contributed by atoms with Crippen LogP contribution in [0.1, 0.15) is 64.5 Å². The number of alkyl carbamates (subject to hydrolysis) is 1. The van der Waals surface area contributed by atoms with Crippen molar-refractivity contribution in [3.63, 3.8) is 0 Å². The van der Waals surface area contributed by atoms with Crippen molar-refractivity contribution >= 4 is 34.6 Å². The van der Waals surface area contributed by atoms with Crippen LogP contribution in [0.4, 0.5) is 4.79 Å². The molecule has 0 aliphatic carbocycles. The van der Waals surface area contributed by atoms with E-state index in [1.807, 2.05) is 79.7 Å². The summed E-state index contributed by atoms with van der Waals surface area (Å²) in [6.07, 6.45) is 0.0435. The highest BCUT2D eigenvalue weighted by Crippen LogP contribution is 2.21. The molecule has 3 N–H and O–H groups in total. The number of rotatable bonds is 14. The van der Waals surface area contributed by atoms with Crippen molar-refractivity contribution in [2.45, 2.75) is 84.1 Å². The Kier molecular flexibility index (Phi) is 12.1. The maximum absolute atomic E-state index is 14.1. The van der Waals surface area contributed by atoms with Crippen LogP contribution in [0.25, 0.3) is 10.8 Å². The highest BCUT2D eigenvalue weighted by molar-refractivity contribution is 5.87. The highest BCUT2D eigenvalue weighted by atomic mass is 16.6. The van der Waals surface area contributed by atoms with Gasteiger partial charge in [0.1, 0.15) is 18.2 Å². The lowest BCUT2D eigenvalue weighted by molar-refractivity contribution is -0.145. The van der Waals surface area contributed by atoms with Gasteiger partial charge in [0.25, 0.3) is 0 Å². The average Bonchev–Trinajstić information content (AvgIpc) is 2.95. The minimum atomic E-state index is -1.09. The molecular formula is C34H43N3O6. The van der Waals surface area contributed by atoms with Gasteiger partial charge in [-0.2, -0.15) is 0 Å². The summed E-state index contributed by atoms with van der Waals surface area (Å²) in [5, 5.41) is 4.79. The third-order valence-electron chi connectivity index (χ3n) is 6.78. The molecule has 0 aliphatic heterocycles. The summed E-state index contributed by atoms with van der Waals surface area (Å²) >= 11 is 0. The molecule has 9 heteroatoms. The number of nitrogens with one attached hydrogen (secondary N) is 1. The molecule has 0 unspecified atom stereocenters. The zero-order valence-electron chi connectivity index (χ0n) is 25.5. The second-order valence-electron chi connectivity index (χ2n) is 11.6. The predicted octanol–water partition coefficient (Wildman–Crippen LogP) is 5.28. The number of amides is 3. The van der Waals surface area contributed by atoms with Crippen LogP contribution in [0.2, 0.25) is 0 Å². The van der Waals surface area contributed by atoms with E-state index in [4.69, 9.17) is 15.2 Å². The highest BCUT2D eigenvalue weighted by Gasteiger charge is 2.33. The summed E-state index contributed by atoms with van der Waals surface area (Å²) in [4.78, 5) is 53.3. The molecule has 0 bridgehead atoms. The number of nitrogens with two attached hydrogens (primary N) is 1. The van der Waals surface area contributed by atoms with E-state index < -0.39 is 41.6 Å². The van der Waals surface area contributed by atoms with Crippen LogP contribution in [0.15, 0.2) is 72.8 Å². The zero-order chi connectivity index (χ0) is 31.4. The van der Waals surface area contributed by atoms with E-state index >= 15 is 0 Å². The number of carbonyl (C=O) groups is 4. The Labute approximate surface area is 253 Å². The van der Waals surface area contributed by atoms with Gasteiger partial charge in [-0.1, -0.05) is 79.7 Å². The van der Waals surface area contributed by atoms with Gasteiger partial charge in [-0.3, -0.25) is 14.4 Å². The molecule has 0 saturated heterocycles. The SMILES string of the molecule is CCCN(C(=O)[C@H](CCC(=O)OCc1ccccc1)NC(=O)OC(C)(C)C)[C@H](CC(N)=O)Cc1ccc2ccccc2c1. The van der Waals surface area contributed by atoms with E-state index in [1.54, 1.807) is 25.7 Å². The number of benzene rings is 3. The first kappa shape index (κ1) is 33.1. The third-order valence-corrected chi connectivity index (χ3v) is 6.78. The number of carbonyl (C=O) groups excluding carboxylic acids is 4. The summed E-state index contributed by atoms with van der Waals surface area (Å²) in [7, 11) is 0. The molecule has 3 rings (SSSR count). The summed E-state index contributed by atoms with van der Waals surface area (Å²) in [6.45, 7) is 7.52.